The molecule has 0 aliphatic heterocycles. The number of ether oxygens (including phenoxy) is 1. The van der Waals surface area contributed by atoms with Crippen LogP contribution in [0.1, 0.15) is 11.1 Å². The summed E-state index contributed by atoms with van der Waals surface area (Å²) in [5.41, 5.74) is 6.55. The molecule has 2 aromatic carbocycles. The van der Waals surface area contributed by atoms with Crippen molar-refractivity contribution in [1.82, 2.24) is 10.9 Å². The molecule has 3 N–H and O–H groups in total. The molecule has 29 heavy (non-hydrogen) atoms. The predicted octanol–water partition coefficient (Wildman–Crippen LogP) is 2.95. The Bertz CT molecular complexity index is 1150. The Morgan fingerprint density at radius 3 is 2.66 bits per heavy atom. The number of carbonyl (C=O) groups is 1. The summed E-state index contributed by atoms with van der Waals surface area (Å²) in [6.45, 7) is 3.16. The molecule has 0 saturated heterocycles. The fourth-order valence-corrected chi connectivity index (χ4v) is 2.71. The number of anilines is 1. The van der Waals surface area contributed by atoms with Crippen LogP contribution in [0.25, 0.3) is 11.0 Å². The quantitative estimate of drug-likeness (QED) is 0.343. The molecule has 1 amide bonds. The summed E-state index contributed by atoms with van der Waals surface area (Å²) in [4.78, 5) is 23.4. The van der Waals surface area contributed by atoms with Gasteiger partial charge < -0.3 is 14.5 Å². The number of aryl methyl sites for hydroxylation is 2. The van der Waals surface area contributed by atoms with E-state index in [1.54, 1.807) is 44.2 Å². The van der Waals surface area contributed by atoms with Crippen molar-refractivity contribution in [2.75, 3.05) is 11.9 Å². The molecule has 9 heteroatoms. The zero-order chi connectivity index (χ0) is 21.0. The van der Waals surface area contributed by atoms with E-state index < -0.39 is 11.5 Å². The predicted molar refractivity (Wildman–Crippen MR) is 111 cm³/mol. The first-order valence-corrected chi connectivity index (χ1v) is 9.02. The van der Waals surface area contributed by atoms with Crippen LogP contribution in [0, 0.1) is 19.7 Å². The van der Waals surface area contributed by atoms with E-state index in [-0.39, 0.29) is 17.5 Å². The molecule has 0 atom stereocenters. The van der Waals surface area contributed by atoms with Crippen molar-refractivity contribution >= 4 is 39.9 Å². The number of hydrazine groups is 1. The first-order chi connectivity index (χ1) is 13.8. The van der Waals surface area contributed by atoms with Gasteiger partial charge in [0.2, 0.25) is 0 Å². The highest BCUT2D eigenvalue weighted by atomic mass is 32.1. The zero-order valence-corrected chi connectivity index (χ0v) is 16.5. The van der Waals surface area contributed by atoms with Crippen LogP contribution in [0.15, 0.2) is 51.7 Å². The number of benzene rings is 2. The van der Waals surface area contributed by atoms with Gasteiger partial charge in [0.1, 0.15) is 17.1 Å². The number of hydrogen-bond donors (Lipinski definition) is 3. The number of carbonyl (C=O) groups excluding carboxylic acids is 1. The second kappa shape index (κ2) is 8.70. The Morgan fingerprint density at radius 1 is 1.10 bits per heavy atom. The van der Waals surface area contributed by atoms with Crippen LogP contribution >= 0.6 is 12.2 Å². The average Bonchev–Trinajstić information content (AvgIpc) is 2.67. The van der Waals surface area contributed by atoms with Crippen LogP contribution < -0.4 is 26.5 Å². The van der Waals surface area contributed by atoms with Crippen LogP contribution in [-0.2, 0) is 4.79 Å². The van der Waals surface area contributed by atoms with Gasteiger partial charge in [-0.2, -0.15) is 0 Å². The fourth-order valence-electron chi connectivity index (χ4n) is 2.54. The standard InChI is InChI=1S/C20H18FN3O4S/c1-11-3-4-13(8-16(11)21)22-20(29)24-23-18(25)10-27-14-5-6-15-12(2)7-19(26)28-17(15)9-14/h3-9H,10H2,1-2H3,(H,23,25)(H2,22,24,29). The first-order valence-electron chi connectivity index (χ1n) is 8.61. The third kappa shape index (κ3) is 5.29. The molecule has 0 saturated carbocycles. The van der Waals surface area contributed by atoms with Gasteiger partial charge in [-0.1, -0.05) is 6.07 Å². The Hall–Kier alpha value is -3.46. The highest BCUT2D eigenvalue weighted by Crippen LogP contribution is 2.22. The third-order valence-corrected chi connectivity index (χ3v) is 4.24. The van der Waals surface area contributed by atoms with E-state index in [4.69, 9.17) is 21.4 Å². The van der Waals surface area contributed by atoms with Gasteiger partial charge in [0.15, 0.2) is 11.7 Å². The second-order valence-electron chi connectivity index (χ2n) is 6.29. The number of halogens is 1. The van der Waals surface area contributed by atoms with Crippen LogP contribution in [0.4, 0.5) is 10.1 Å². The van der Waals surface area contributed by atoms with Crippen molar-refractivity contribution < 1.29 is 18.3 Å². The van der Waals surface area contributed by atoms with Crippen molar-refractivity contribution in [3.05, 3.63) is 69.8 Å². The number of amides is 1. The Labute approximate surface area is 170 Å². The van der Waals surface area contributed by atoms with Gasteiger partial charge >= 0.3 is 5.63 Å². The van der Waals surface area contributed by atoms with Crippen molar-refractivity contribution in [2.45, 2.75) is 13.8 Å². The monoisotopic (exact) mass is 415 g/mol. The largest absolute Gasteiger partial charge is 0.484 e. The van der Waals surface area contributed by atoms with Crippen molar-refractivity contribution in [3.63, 3.8) is 0 Å². The van der Waals surface area contributed by atoms with Gasteiger partial charge in [-0.25, -0.2) is 9.18 Å². The van der Waals surface area contributed by atoms with E-state index in [9.17, 15) is 14.0 Å². The van der Waals surface area contributed by atoms with E-state index in [0.29, 0.717) is 22.6 Å². The van der Waals surface area contributed by atoms with E-state index in [0.717, 1.165) is 10.9 Å². The lowest BCUT2D eigenvalue weighted by Crippen LogP contribution is -2.45. The summed E-state index contributed by atoms with van der Waals surface area (Å²) < 4.78 is 24.1. The van der Waals surface area contributed by atoms with Crippen molar-refractivity contribution in [3.8, 4) is 5.75 Å². The molecule has 0 unspecified atom stereocenters. The minimum absolute atomic E-state index is 0.0876. The fraction of sp³-hybridized carbons (Fsp3) is 0.150. The topological polar surface area (TPSA) is 92.6 Å². The molecular formula is C20H18FN3O4S. The maximum Gasteiger partial charge on any atom is 0.336 e. The minimum Gasteiger partial charge on any atom is -0.484 e. The van der Waals surface area contributed by atoms with Crippen LogP contribution in [0.5, 0.6) is 5.75 Å². The normalized spacial score (nSPS) is 10.4. The maximum absolute atomic E-state index is 13.5. The lowest BCUT2D eigenvalue weighted by atomic mass is 10.1. The molecule has 0 aliphatic rings. The Balaban J connectivity index is 1.50. The van der Waals surface area contributed by atoms with Gasteiger partial charge in [0.05, 0.1) is 0 Å². The highest BCUT2D eigenvalue weighted by Gasteiger charge is 2.07. The van der Waals surface area contributed by atoms with Gasteiger partial charge in [0.25, 0.3) is 5.91 Å². The van der Waals surface area contributed by atoms with Crippen LogP contribution in [0.2, 0.25) is 0 Å². The summed E-state index contributed by atoms with van der Waals surface area (Å²) in [6, 6.07) is 10.9. The smallest absolute Gasteiger partial charge is 0.336 e. The zero-order valence-electron chi connectivity index (χ0n) is 15.7. The summed E-state index contributed by atoms with van der Waals surface area (Å²) >= 11 is 5.04. The molecule has 7 nitrogen and oxygen atoms in total. The average molecular weight is 415 g/mol. The summed E-state index contributed by atoms with van der Waals surface area (Å²) in [6.07, 6.45) is 0. The number of rotatable bonds is 4. The SMILES string of the molecule is Cc1ccc(NC(=S)NNC(=O)COc2ccc3c(C)cc(=O)oc3c2)cc1F. The van der Waals surface area contributed by atoms with Crippen molar-refractivity contribution in [2.24, 2.45) is 0 Å². The molecule has 0 spiro atoms. The molecule has 1 heterocycles. The van der Waals surface area contributed by atoms with Gasteiger partial charge in [-0.05, 0) is 61.5 Å². The van der Waals surface area contributed by atoms with Crippen molar-refractivity contribution in [1.29, 1.82) is 0 Å². The molecule has 1 aromatic heterocycles. The number of fused-ring (bicyclic) bond motifs is 1. The van der Waals surface area contributed by atoms with E-state index in [1.807, 2.05) is 0 Å². The first kappa shape index (κ1) is 20.3. The molecule has 0 bridgehead atoms. The van der Waals surface area contributed by atoms with E-state index >= 15 is 0 Å². The van der Waals surface area contributed by atoms with E-state index in [1.165, 1.54) is 12.1 Å². The number of nitrogens with one attached hydrogen (secondary N) is 3. The number of hydrogen-bond acceptors (Lipinski definition) is 5. The lowest BCUT2D eigenvalue weighted by Gasteiger charge is -2.12. The summed E-state index contributed by atoms with van der Waals surface area (Å²) in [7, 11) is 0. The molecule has 0 aliphatic carbocycles. The Morgan fingerprint density at radius 2 is 1.90 bits per heavy atom. The molecule has 150 valence electrons. The highest BCUT2D eigenvalue weighted by molar-refractivity contribution is 7.80. The van der Waals surface area contributed by atoms with Crippen LogP contribution in [-0.4, -0.2) is 17.6 Å². The molecule has 3 rings (SSSR count). The van der Waals surface area contributed by atoms with Gasteiger partial charge in [-0.15, -0.1) is 0 Å². The minimum atomic E-state index is -0.491. The van der Waals surface area contributed by atoms with Crippen LogP contribution in [0.3, 0.4) is 0 Å². The number of thiocarbonyl (C=S) groups is 1. The molecular weight excluding hydrogens is 397 g/mol. The summed E-state index contributed by atoms with van der Waals surface area (Å²) in [5, 5.41) is 3.62. The van der Waals surface area contributed by atoms with E-state index in [2.05, 4.69) is 16.2 Å². The van der Waals surface area contributed by atoms with Gasteiger partial charge in [-0.3, -0.25) is 15.6 Å². The lowest BCUT2D eigenvalue weighted by molar-refractivity contribution is -0.123. The Kier molecular flexibility index (Phi) is 6.08. The molecule has 0 radical (unpaired) electrons. The second-order valence-corrected chi connectivity index (χ2v) is 6.69. The van der Waals surface area contributed by atoms with Gasteiger partial charge in [0, 0.05) is 23.2 Å². The summed E-state index contributed by atoms with van der Waals surface area (Å²) in [5.74, 6) is -0.482. The maximum atomic E-state index is 13.5. The molecule has 0 fully saturated rings. The third-order valence-electron chi connectivity index (χ3n) is 4.04. The molecule has 3 aromatic rings.